The first-order valence-corrected chi connectivity index (χ1v) is 6.69. The van der Waals surface area contributed by atoms with Crippen LogP contribution in [0, 0.1) is 11.8 Å². The number of fused-ring (bicyclic) bond motifs is 1. The van der Waals surface area contributed by atoms with Crippen LogP contribution in [-0.2, 0) is 0 Å². The average molecular weight is 272 g/mol. The van der Waals surface area contributed by atoms with Crippen molar-refractivity contribution in [1.29, 1.82) is 0 Å². The fourth-order valence-corrected chi connectivity index (χ4v) is 2.17. The van der Waals surface area contributed by atoms with Crippen molar-refractivity contribution in [2.45, 2.75) is 0 Å². The fraction of sp³-hybridized carbons (Fsp3) is 0. The highest BCUT2D eigenvalue weighted by Crippen LogP contribution is 2.14. The molecule has 2 N–H and O–H groups in total. The average Bonchev–Trinajstić information content (AvgIpc) is 2.53. The van der Waals surface area contributed by atoms with E-state index in [1.807, 2.05) is 54.6 Å². The smallest absolute Gasteiger partial charge is 0.423 e. The quantitative estimate of drug-likeness (QED) is 0.525. The summed E-state index contributed by atoms with van der Waals surface area (Å²) in [5.41, 5.74) is 2.41. The van der Waals surface area contributed by atoms with Gasteiger partial charge in [-0.15, -0.1) is 0 Å². The molecule has 0 atom stereocenters. The van der Waals surface area contributed by atoms with Crippen molar-refractivity contribution in [2.75, 3.05) is 0 Å². The molecule has 0 aliphatic heterocycles. The molecular formula is C18H13BO2. The summed E-state index contributed by atoms with van der Waals surface area (Å²) in [4.78, 5) is 0. The molecule has 21 heavy (non-hydrogen) atoms. The maximum atomic E-state index is 9.18. The minimum absolute atomic E-state index is 0.491. The first kappa shape index (κ1) is 13.4. The van der Waals surface area contributed by atoms with Crippen LogP contribution in [-0.4, -0.2) is 17.2 Å². The molecule has 3 aromatic carbocycles. The van der Waals surface area contributed by atoms with Crippen molar-refractivity contribution < 1.29 is 10.0 Å². The van der Waals surface area contributed by atoms with Gasteiger partial charge in [0.2, 0.25) is 0 Å². The van der Waals surface area contributed by atoms with Crippen molar-refractivity contribution in [3.63, 3.8) is 0 Å². The van der Waals surface area contributed by atoms with E-state index < -0.39 is 7.12 Å². The predicted molar refractivity (Wildman–Crippen MR) is 86.2 cm³/mol. The van der Waals surface area contributed by atoms with Gasteiger partial charge in [-0.2, -0.15) is 0 Å². The summed E-state index contributed by atoms with van der Waals surface area (Å²) < 4.78 is 0. The maximum absolute atomic E-state index is 9.18. The Balaban J connectivity index is 1.95. The lowest BCUT2D eigenvalue weighted by atomic mass is 9.79. The summed E-state index contributed by atoms with van der Waals surface area (Å²) in [7, 11) is -1.44. The van der Waals surface area contributed by atoms with Gasteiger partial charge in [0.1, 0.15) is 0 Å². The van der Waals surface area contributed by atoms with E-state index in [1.165, 1.54) is 0 Å². The molecule has 0 amide bonds. The second-order valence-corrected chi connectivity index (χ2v) is 4.81. The lowest BCUT2D eigenvalue weighted by molar-refractivity contribution is 0.426. The molecule has 0 bridgehead atoms. The number of hydrogen-bond donors (Lipinski definition) is 2. The van der Waals surface area contributed by atoms with E-state index in [2.05, 4.69) is 11.8 Å². The highest BCUT2D eigenvalue weighted by Gasteiger charge is 2.10. The molecule has 0 radical (unpaired) electrons. The highest BCUT2D eigenvalue weighted by atomic mass is 16.4. The monoisotopic (exact) mass is 272 g/mol. The van der Waals surface area contributed by atoms with Gasteiger partial charge in [-0.05, 0) is 40.5 Å². The van der Waals surface area contributed by atoms with E-state index in [0.717, 1.165) is 21.9 Å². The fourth-order valence-electron chi connectivity index (χ4n) is 2.17. The number of rotatable bonds is 1. The molecule has 0 saturated carbocycles. The van der Waals surface area contributed by atoms with Crippen LogP contribution in [0.5, 0.6) is 0 Å². The molecule has 0 unspecified atom stereocenters. The third kappa shape index (κ3) is 3.14. The van der Waals surface area contributed by atoms with Crippen LogP contribution in [0.2, 0.25) is 0 Å². The molecule has 3 heteroatoms. The molecule has 0 saturated heterocycles. The zero-order valence-electron chi connectivity index (χ0n) is 11.3. The Bertz CT molecular complexity index is 830. The van der Waals surface area contributed by atoms with E-state index in [4.69, 9.17) is 0 Å². The minimum Gasteiger partial charge on any atom is -0.423 e. The van der Waals surface area contributed by atoms with Gasteiger partial charge in [0.05, 0.1) is 0 Å². The molecule has 0 aliphatic rings. The summed E-state index contributed by atoms with van der Waals surface area (Å²) in [6.45, 7) is 0. The van der Waals surface area contributed by atoms with Gasteiger partial charge >= 0.3 is 7.12 Å². The summed E-state index contributed by atoms with van der Waals surface area (Å²) in [6, 6.07) is 21.1. The zero-order valence-corrected chi connectivity index (χ0v) is 11.3. The molecule has 0 heterocycles. The molecule has 100 valence electrons. The van der Waals surface area contributed by atoms with Crippen molar-refractivity contribution in [2.24, 2.45) is 0 Å². The van der Waals surface area contributed by atoms with E-state index in [-0.39, 0.29) is 0 Å². The number of hydrogen-bond acceptors (Lipinski definition) is 2. The summed E-state index contributed by atoms with van der Waals surface area (Å²) in [5.74, 6) is 6.27. The third-order valence-corrected chi connectivity index (χ3v) is 3.29. The molecule has 0 aromatic heterocycles. The van der Waals surface area contributed by atoms with Gasteiger partial charge < -0.3 is 10.0 Å². The van der Waals surface area contributed by atoms with Gasteiger partial charge in [0.15, 0.2) is 0 Å². The van der Waals surface area contributed by atoms with E-state index >= 15 is 0 Å². The predicted octanol–water partition coefficient (Wildman–Crippen LogP) is 1.92. The normalized spacial score (nSPS) is 10.0. The van der Waals surface area contributed by atoms with Crippen LogP contribution in [0.4, 0.5) is 0 Å². The lowest BCUT2D eigenvalue weighted by Crippen LogP contribution is -2.29. The molecule has 0 aliphatic carbocycles. The van der Waals surface area contributed by atoms with Crippen LogP contribution in [0.25, 0.3) is 10.8 Å². The van der Waals surface area contributed by atoms with E-state index in [0.29, 0.717) is 5.46 Å². The summed E-state index contributed by atoms with van der Waals surface area (Å²) in [5, 5.41) is 20.4. The van der Waals surface area contributed by atoms with Crippen LogP contribution in [0.15, 0.2) is 66.7 Å². The van der Waals surface area contributed by atoms with E-state index in [9.17, 15) is 10.0 Å². The Hall–Kier alpha value is -2.54. The van der Waals surface area contributed by atoms with Crippen molar-refractivity contribution >= 4 is 23.4 Å². The molecular weight excluding hydrogens is 259 g/mol. The summed E-state index contributed by atoms with van der Waals surface area (Å²) >= 11 is 0. The minimum atomic E-state index is -1.44. The molecule has 3 aromatic rings. The Morgan fingerprint density at radius 3 is 2.10 bits per heavy atom. The molecule has 2 nitrogen and oxygen atoms in total. The van der Waals surface area contributed by atoms with Gasteiger partial charge in [0, 0.05) is 11.1 Å². The number of benzene rings is 3. The van der Waals surface area contributed by atoms with Gasteiger partial charge in [-0.3, -0.25) is 0 Å². The maximum Gasteiger partial charge on any atom is 0.488 e. The first-order chi connectivity index (χ1) is 10.2. The van der Waals surface area contributed by atoms with Crippen LogP contribution >= 0.6 is 0 Å². The highest BCUT2D eigenvalue weighted by molar-refractivity contribution is 6.58. The zero-order chi connectivity index (χ0) is 14.7. The molecule has 0 fully saturated rings. The Morgan fingerprint density at radius 2 is 1.33 bits per heavy atom. The largest absolute Gasteiger partial charge is 0.488 e. The van der Waals surface area contributed by atoms with Crippen molar-refractivity contribution in [3.05, 3.63) is 77.9 Å². The standard InChI is InChI=1S/C18H13BO2/c20-19(21)18-11-10-16-12-15(8-9-17(16)13-18)7-6-14-4-2-1-3-5-14/h1-5,8-13,20-21H. The van der Waals surface area contributed by atoms with Crippen molar-refractivity contribution in [3.8, 4) is 11.8 Å². The summed E-state index contributed by atoms with van der Waals surface area (Å²) in [6.07, 6.45) is 0. The first-order valence-electron chi connectivity index (χ1n) is 6.69. The van der Waals surface area contributed by atoms with Crippen molar-refractivity contribution in [1.82, 2.24) is 0 Å². The Labute approximate surface area is 123 Å². The van der Waals surface area contributed by atoms with Gasteiger partial charge in [-0.1, -0.05) is 54.3 Å². The molecule has 0 spiro atoms. The van der Waals surface area contributed by atoms with E-state index in [1.54, 1.807) is 12.1 Å². The van der Waals surface area contributed by atoms with Gasteiger partial charge in [-0.25, -0.2) is 0 Å². The third-order valence-electron chi connectivity index (χ3n) is 3.29. The molecule has 3 rings (SSSR count). The van der Waals surface area contributed by atoms with Gasteiger partial charge in [0.25, 0.3) is 0 Å². The van der Waals surface area contributed by atoms with Crippen LogP contribution in [0.1, 0.15) is 11.1 Å². The second-order valence-electron chi connectivity index (χ2n) is 4.81. The SMILES string of the molecule is OB(O)c1ccc2cc(C#Cc3ccccc3)ccc2c1. The second kappa shape index (κ2) is 5.84. The topological polar surface area (TPSA) is 40.5 Å². The van der Waals surface area contributed by atoms with Crippen LogP contribution < -0.4 is 5.46 Å². The Kier molecular flexibility index (Phi) is 3.74. The van der Waals surface area contributed by atoms with Crippen LogP contribution in [0.3, 0.4) is 0 Å². The Morgan fingerprint density at radius 1 is 0.667 bits per heavy atom. The lowest BCUT2D eigenvalue weighted by Gasteiger charge is -2.03.